The Morgan fingerprint density at radius 3 is 2.70 bits per heavy atom. The van der Waals surface area contributed by atoms with E-state index in [1.165, 1.54) is 0 Å². The standard InChI is InChI=1S/C33H28ClNO4S/c1-2-37-33(36)29-10-3-4-11-31(29)39-22-32(38-21-28-9-6-18-40-28)25-8-5-7-23(19-25)12-16-27-17-14-24-13-15-26(34)20-30(24)35-27/h3-20,32H,2,21-22H2,1H3/b16-12+. The van der Waals surface area contributed by atoms with Gasteiger partial charge in [0, 0.05) is 15.3 Å². The number of hydrogen-bond donors (Lipinski definition) is 0. The summed E-state index contributed by atoms with van der Waals surface area (Å²) in [7, 11) is 0. The first-order valence-corrected chi connectivity index (χ1v) is 14.2. The molecule has 0 aliphatic heterocycles. The van der Waals surface area contributed by atoms with Crippen molar-refractivity contribution in [3.8, 4) is 5.75 Å². The maximum atomic E-state index is 12.4. The van der Waals surface area contributed by atoms with E-state index in [0.29, 0.717) is 29.5 Å². The highest BCUT2D eigenvalue weighted by atomic mass is 35.5. The number of hydrogen-bond acceptors (Lipinski definition) is 6. The van der Waals surface area contributed by atoms with Crippen molar-refractivity contribution in [2.75, 3.05) is 13.2 Å². The van der Waals surface area contributed by atoms with E-state index < -0.39 is 5.97 Å². The fourth-order valence-corrected chi connectivity index (χ4v) is 4.99. The second kappa shape index (κ2) is 13.4. The monoisotopic (exact) mass is 569 g/mol. The summed E-state index contributed by atoms with van der Waals surface area (Å²) in [6.07, 6.45) is 3.63. The minimum absolute atomic E-state index is 0.224. The van der Waals surface area contributed by atoms with Crippen molar-refractivity contribution in [1.29, 1.82) is 0 Å². The number of nitrogens with zero attached hydrogens (tertiary/aromatic N) is 1. The summed E-state index contributed by atoms with van der Waals surface area (Å²) >= 11 is 7.79. The molecule has 5 rings (SSSR count). The van der Waals surface area contributed by atoms with Crippen molar-refractivity contribution < 1.29 is 19.0 Å². The van der Waals surface area contributed by atoms with E-state index in [4.69, 9.17) is 30.8 Å². The summed E-state index contributed by atoms with van der Waals surface area (Å²) in [5.41, 5.74) is 4.05. The molecule has 0 bridgehead atoms. The lowest BCUT2D eigenvalue weighted by molar-refractivity contribution is 0.00869. The van der Waals surface area contributed by atoms with Crippen molar-refractivity contribution in [3.05, 3.63) is 129 Å². The van der Waals surface area contributed by atoms with Gasteiger partial charge in [0.05, 0.1) is 24.4 Å². The van der Waals surface area contributed by atoms with Crippen LogP contribution in [-0.2, 0) is 16.1 Å². The molecule has 0 radical (unpaired) electrons. The number of fused-ring (bicyclic) bond motifs is 1. The molecule has 40 heavy (non-hydrogen) atoms. The summed E-state index contributed by atoms with van der Waals surface area (Å²) in [6.45, 7) is 2.75. The fourth-order valence-electron chi connectivity index (χ4n) is 4.20. The van der Waals surface area contributed by atoms with Gasteiger partial charge in [-0.2, -0.15) is 0 Å². The van der Waals surface area contributed by atoms with Gasteiger partial charge in [0.15, 0.2) is 0 Å². The maximum Gasteiger partial charge on any atom is 0.341 e. The molecule has 1 atom stereocenters. The van der Waals surface area contributed by atoms with Crippen LogP contribution >= 0.6 is 22.9 Å². The Labute approximate surface area is 242 Å². The molecule has 3 aromatic carbocycles. The second-order valence-corrected chi connectivity index (χ2v) is 10.5. The van der Waals surface area contributed by atoms with Gasteiger partial charge in [-0.3, -0.25) is 0 Å². The SMILES string of the molecule is CCOC(=O)c1ccccc1OCC(OCc1cccs1)c1cccc(/C=C/c2ccc3ccc(Cl)cc3n2)c1. The molecule has 0 aliphatic rings. The molecule has 1 unspecified atom stereocenters. The predicted molar refractivity (Wildman–Crippen MR) is 162 cm³/mol. The number of carbonyl (C=O) groups excluding carboxylic acids is 1. The Balaban J connectivity index is 1.36. The minimum atomic E-state index is -0.411. The van der Waals surface area contributed by atoms with Crippen LogP contribution in [0.1, 0.15) is 45.1 Å². The summed E-state index contributed by atoms with van der Waals surface area (Å²) in [4.78, 5) is 18.3. The molecule has 0 N–H and O–H groups in total. The molecule has 7 heteroatoms. The van der Waals surface area contributed by atoms with E-state index in [9.17, 15) is 4.79 Å². The van der Waals surface area contributed by atoms with Crippen molar-refractivity contribution in [2.45, 2.75) is 19.6 Å². The average Bonchev–Trinajstić information content (AvgIpc) is 3.50. The zero-order valence-corrected chi connectivity index (χ0v) is 23.5. The number of halogens is 1. The molecular weight excluding hydrogens is 542 g/mol. The minimum Gasteiger partial charge on any atom is -0.490 e. The van der Waals surface area contributed by atoms with E-state index in [-0.39, 0.29) is 12.7 Å². The average molecular weight is 570 g/mol. The summed E-state index contributed by atoms with van der Waals surface area (Å²) < 4.78 is 17.7. The van der Waals surface area contributed by atoms with Crippen LogP contribution in [0.5, 0.6) is 5.75 Å². The van der Waals surface area contributed by atoms with Gasteiger partial charge in [0.25, 0.3) is 0 Å². The topological polar surface area (TPSA) is 57.7 Å². The first-order valence-electron chi connectivity index (χ1n) is 13.0. The number of ether oxygens (including phenoxy) is 3. The lowest BCUT2D eigenvalue weighted by Gasteiger charge is -2.20. The highest BCUT2D eigenvalue weighted by molar-refractivity contribution is 7.09. The van der Waals surface area contributed by atoms with Crippen LogP contribution in [0.4, 0.5) is 0 Å². The zero-order chi connectivity index (χ0) is 27.7. The van der Waals surface area contributed by atoms with Gasteiger partial charge in [0.2, 0.25) is 0 Å². The first-order chi connectivity index (χ1) is 19.6. The highest BCUT2D eigenvalue weighted by Crippen LogP contribution is 2.26. The summed E-state index contributed by atoms with van der Waals surface area (Å²) in [5.74, 6) is 0.0510. The molecule has 0 aliphatic carbocycles. The molecule has 2 aromatic heterocycles. The number of para-hydroxylation sites is 1. The number of carbonyl (C=O) groups is 1. The molecular formula is C33H28ClNO4S. The number of thiophene rings is 1. The van der Waals surface area contributed by atoms with Crippen LogP contribution in [0.15, 0.2) is 96.4 Å². The van der Waals surface area contributed by atoms with Gasteiger partial charge in [0.1, 0.15) is 24.0 Å². The number of pyridine rings is 1. The fraction of sp³-hybridized carbons (Fsp3) is 0.152. The van der Waals surface area contributed by atoms with Gasteiger partial charge in [-0.25, -0.2) is 9.78 Å². The normalized spacial score (nSPS) is 12.1. The zero-order valence-electron chi connectivity index (χ0n) is 22.0. The third-order valence-electron chi connectivity index (χ3n) is 6.18. The van der Waals surface area contributed by atoms with Gasteiger partial charge >= 0.3 is 5.97 Å². The Kier molecular flexibility index (Phi) is 9.24. The maximum absolute atomic E-state index is 12.4. The quantitative estimate of drug-likeness (QED) is 0.149. The van der Waals surface area contributed by atoms with Gasteiger partial charge in [-0.05, 0) is 72.0 Å². The molecule has 0 spiro atoms. The molecule has 2 heterocycles. The van der Waals surface area contributed by atoms with Gasteiger partial charge < -0.3 is 14.2 Å². The van der Waals surface area contributed by atoms with Crippen molar-refractivity contribution in [2.24, 2.45) is 0 Å². The van der Waals surface area contributed by atoms with E-state index in [1.54, 1.807) is 36.5 Å². The Hall–Kier alpha value is -3.97. The van der Waals surface area contributed by atoms with Gasteiger partial charge in [-0.1, -0.05) is 66.2 Å². The van der Waals surface area contributed by atoms with Crippen LogP contribution in [0.3, 0.4) is 0 Å². The van der Waals surface area contributed by atoms with Crippen LogP contribution < -0.4 is 4.74 Å². The van der Waals surface area contributed by atoms with Crippen molar-refractivity contribution in [3.63, 3.8) is 0 Å². The third kappa shape index (κ3) is 7.16. The molecule has 0 fully saturated rings. The molecule has 0 amide bonds. The highest BCUT2D eigenvalue weighted by Gasteiger charge is 2.18. The van der Waals surface area contributed by atoms with E-state index in [0.717, 1.165) is 32.6 Å². The summed E-state index contributed by atoms with van der Waals surface area (Å²) in [6, 6.07) is 29.0. The van der Waals surface area contributed by atoms with Crippen LogP contribution in [0.25, 0.3) is 23.1 Å². The lowest BCUT2D eigenvalue weighted by atomic mass is 10.1. The van der Waals surface area contributed by atoms with Crippen molar-refractivity contribution in [1.82, 2.24) is 4.98 Å². The molecule has 0 saturated carbocycles. The van der Waals surface area contributed by atoms with Crippen LogP contribution in [0, 0.1) is 0 Å². The number of aromatic nitrogens is 1. The summed E-state index contributed by atoms with van der Waals surface area (Å²) in [5, 5.41) is 3.73. The van der Waals surface area contributed by atoms with Crippen LogP contribution in [-0.4, -0.2) is 24.2 Å². The number of benzene rings is 3. The van der Waals surface area contributed by atoms with Gasteiger partial charge in [-0.15, -0.1) is 11.3 Å². The van der Waals surface area contributed by atoms with E-state index in [1.807, 2.05) is 84.3 Å². The number of esters is 1. The third-order valence-corrected chi connectivity index (χ3v) is 7.27. The predicted octanol–water partition coefficient (Wildman–Crippen LogP) is 8.63. The number of rotatable bonds is 11. The second-order valence-electron chi connectivity index (χ2n) is 8.98. The molecule has 5 nitrogen and oxygen atoms in total. The lowest BCUT2D eigenvalue weighted by Crippen LogP contribution is -2.16. The van der Waals surface area contributed by atoms with E-state index >= 15 is 0 Å². The smallest absolute Gasteiger partial charge is 0.341 e. The molecule has 0 saturated heterocycles. The van der Waals surface area contributed by atoms with Crippen molar-refractivity contribution >= 4 is 52.0 Å². The largest absolute Gasteiger partial charge is 0.490 e. The van der Waals surface area contributed by atoms with E-state index in [2.05, 4.69) is 6.07 Å². The molecule has 202 valence electrons. The Morgan fingerprint density at radius 1 is 0.975 bits per heavy atom. The van der Waals surface area contributed by atoms with Crippen LogP contribution in [0.2, 0.25) is 5.02 Å². The molecule has 5 aromatic rings. The Bertz CT molecular complexity index is 1620. The first kappa shape index (κ1) is 27.6. The Morgan fingerprint density at radius 2 is 1.85 bits per heavy atom.